The number of nitrogens with one attached hydrogen (secondary N) is 1. The van der Waals surface area contributed by atoms with Crippen LogP contribution < -0.4 is 10.1 Å². The lowest BCUT2D eigenvalue weighted by Crippen LogP contribution is -2.41. The highest BCUT2D eigenvalue weighted by Gasteiger charge is 2.32. The van der Waals surface area contributed by atoms with E-state index in [1.165, 1.54) is 30.3 Å². The third-order valence-corrected chi connectivity index (χ3v) is 6.11. The van der Waals surface area contributed by atoms with E-state index < -0.39 is 29.6 Å². The number of rotatable bonds is 8. The maximum atomic E-state index is 13.1. The monoisotopic (exact) mass is 524 g/mol. The highest BCUT2D eigenvalue weighted by Crippen LogP contribution is 2.32. The van der Waals surface area contributed by atoms with Gasteiger partial charge in [0, 0.05) is 24.2 Å². The number of ketones is 1. The normalized spacial score (nSPS) is 14.4. The Morgan fingerprint density at radius 1 is 1.08 bits per heavy atom. The van der Waals surface area contributed by atoms with Crippen LogP contribution in [0.5, 0.6) is 5.75 Å². The van der Waals surface area contributed by atoms with Gasteiger partial charge in [-0.2, -0.15) is 0 Å². The van der Waals surface area contributed by atoms with Gasteiger partial charge in [-0.1, -0.05) is 11.3 Å². The molecule has 1 amide bonds. The zero-order chi connectivity index (χ0) is 25.7. The Kier molecular flexibility index (Phi) is 7.91. The van der Waals surface area contributed by atoms with Crippen LogP contribution >= 0.6 is 11.3 Å². The smallest absolute Gasteiger partial charge is 0.404 e. The van der Waals surface area contributed by atoms with Crippen LogP contribution in [0, 0.1) is 5.82 Å². The number of morpholine rings is 1. The van der Waals surface area contributed by atoms with Gasteiger partial charge in [0.15, 0.2) is 11.5 Å². The minimum Gasteiger partial charge on any atom is -0.404 e. The summed E-state index contributed by atoms with van der Waals surface area (Å²) in [6.45, 7) is 1.88. The number of ether oxygens (including phenoxy) is 2. The van der Waals surface area contributed by atoms with Crippen LogP contribution in [0.3, 0.4) is 0 Å². The number of carbonyl (C=O) groups is 2. The molecule has 8 nitrogen and oxygen atoms in total. The summed E-state index contributed by atoms with van der Waals surface area (Å²) in [4.78, 5) is 27.1. The molecule has 0 bridgehead atoms. The van der Waals surface area contributed by atoms with Crippen LogP contribution in [0.1, 0.15) is 15.4 Å². The summed E-state index contributed by atoms with van der Waals surface area (Å²) in [6.07, 6.45) is -5.15. The van der Waals surface area contributed by atoms with Crippen molar-refractivity contribution in [3.05, 3.63) is 58.9 Å². The Labute approximate surface area is 206 Å². The number of amides is 1. The van der Waals surface area contributed by atoms with Crippen LogP contribution in [-0.4, -0.2) is 66.0 Å². The minimum atomic E-state index is -4.99. The number of aromatic nitrogens is 2. The Hall–Kier alpha value is -3.42. The third kappa shape index (κ3) is 7.06. The third-order valence-electron chi connectivity index (χ3n) is 5.14. The highest BCUT2D eigenvalue weighted by atomic mass is 32.1. The van der Waals surface area contributed by atoms with Crippen LogP contribution in [-0.2, 0) is 16.0 Å². The molecule has 0 saturated carbocycles. The first-order chi connectivity index (χ1) is 17.2. The first-order valence-electron chi connectivity index (χ1n) is 10.8. The van der Waals surface area contributed by atoms with Gasteiger partial charge < -0.3 is 14.8 Å². The summed E-state index contributed by atoms with van der Waals surface area (Å²) in [5.74, 6) is -2.03. The molecule has 2 heterocycles. The van der Waals surface area contributed by atoms with Crippen molar-refractivity contribution in [3.63, 3.8) is 0 Å². The van der Waals surface area contributed by atoms with Gasteiger partial charge in [-0.3, -0.25) is 14.5 Å². The Bertz CT molecular complexity index is 1230. The number of carbonyl (C=O) groups excluding carboxylic acids is 2. The van der Waals surface area contributed by atoms with Gasteiger partial charge in [0.2, 0.25) is 5.91 Å². The summed E-state index contributed by atoms with van der Waals surface area (Å²) in [7, 11) is 0. The Balaban J connectivity index is 1.49. The van der Waals surface area contributed by atoms with E-state index in [9.17, 15) is 27.2 Å². The van der Waals surface area contributed by atoms with E-state index in [2.05, 4.69) is 20.3 Å². The number of benzene rings is 2. The van der Waals surface area contributed by atoms with E-state index in [0.29, 0.717) is 41.9 Å². The van der Waals surface area contributed by atoms with Crippen molar-refractivity contribution in [2.75, 3.05) is 38.2 Å². The molecule has 13 heteroatoms. The molecule has 1 aromatic heterocycles. The number of anilines is 1. The zero-order valence-corrected chi connectivity index (χ0v) is 19.5. The lowest BCUT2D eigenvalue weighted by Gasteiger charge is -2.26. The Morgan fingerprint density at radius 2 is 1.81 bits per heavy atom. The van der Waals surface area contributed by atoms with E-state index in [4.69, 9.17) is 4.74 Å². The molecule has 0 radical (unpaired) electrons. The number of Topliss-reactive ketones (excluding diaryl/α,β-unsaturated/α-hetero) is 1. The molecule has 0 unspecified atom stereocenters. The summed E-state index contributed by atoms with van der Waals surface area (Å²) < 4.78 is 61.0. The van der Waals surface area contributed by atoms with Crippen molar-refractivity contribution in [3.8, 4) is 16.3 Å². The molecule has 1 aliphatic heterocycles. The van der Waals surface area contributed by atoms with Crippen LogP contribution in [0.2, 0.25) is 0 Å². The summed E-state index contributed by atoms with van der Waals surface area (Å²) in [5.41, 5.74) is 0.414. The fraction of sp³-hybridized carbons (Fsp3) is 0.304. The largest absolute Gasteiger partial charge is 0.573 e. The molecule has 2 aromatic carbocycles. The molecular weight excluding hydrogens is 504 g/mol. The quantitative estimate of drug-likeness (QED) is 0.353. The van der Waals surface area contributed by atoms with Crippen LogP contribution in [0.25, 0.3) is 10.6 Å². The van der Waals surface area contributed by atoms with Gasteiger partial charge in [-0.15, -0.1) is 23.4 Å². The molecule has 1 fully saturated rings. The fourth-order valence-corrected chi connectivity index (χ4v) is 4.28. The molecule has 190 valence electrons. The van der Waals surface area contributed by atoms with Gasteiger partial charge >= 0.3 is 6.36 Å². The van der Waals surface area contributed by atoms with E-state index in [1.807, 2.05) is 0 Å². The highest BCUT2D eigenvalue weighted by molar-refractivity contribution is 7.14. The predicted molar refractivity (Wildman–Crippen MR) is 122 cm³/mol. The predicted octanol–water partition coefficient (Wildman–Crippen LogP) is 3.94. The van der Waals surface area contributed by atoms with Gasteiger partial charge in [0.05, 0.1) is 31.9 Å². The summed E-state index contributed by atoms with van der Waals surface area (Å²) in [6, 6.07) is 8.93. The van der Waals surface area contributed by atoms with Crippen molar-refractivity contribution < 1.29 is 36.6 Å². The van der Waals surface area contributed by atoms with Crippen molar-refractivity contribution in [2.45, 2.75) is 12.8 Å². The molecule has 3 aromatic rings. The lowest BCUT2D eigenvalue weighted by atomic mass is 10.1. The first kappa shape index (κ1) is 25.7. The average molecular weight is 524 g/mol. The molecule has 4 rings (SSSR count). The van der Waals surface area contributed by atoms with E-state index in [-0.39, 0.29) is 24.2 Å². The number of hydrogen-bond acceptors (Lipinski definition) is 8. The number of nitrogens with zero attached hydrogens (tertiary/aromatic N) is 3. The van der Waals surface area contributed by atoms with Crippen molar-refractivity contribution >= 4 is 28.7 Å². The van der Waals surface area contributed by atoms with E-state index in [1.54, 1.807) is 4.90 Å². The maximum Gasteiger partial charge on any atom is 0.573 e. The molecule has 36 heavy (non-hydrogen) atoms. The number of alkyl halides is 3. The maximum absolute atomic E-state index is 13.1. The number of halogens is 4. The van der Waals surface area contributed by atoms with E-state index >= 15 is 0 Å². The van der Waals surface area contributed by atoms with Crippen LogP contribution in [0.4, 0.5) is 23.2 Å². The minimum absolute atomic E-state index is 0.0516. The molecule has 0 spiro atoms. The van der Waals surface area contributed by atoms with Gasteiger partial charge in [-0.05, 0) is 42.5 Å². The fourth-order valence-electron chi connectivity index (χ4n) is 3.44. The summed E-state index contributed by atoms with van der Waals surface area (Å²) >= 11 is 1.14. The molecule has 0 atom stereocenters. The molecular formula is C23H20F4N4O4S. The molecule has 0 aliphatic carbocycles. The van der Waals surface area contributed by atoms with Gasteiger partial charge in [0.1, 0.15) is 15.8 Å². The second kappa shape index (κ2) is 11.1. The zero-order valence-electron chi connectivity index (χ0n) is 18.7. The van der Waals surface area contributed by atoms with E-state index in [0.717, 1.165) is 23.5 Å². The topological polar surface area (TPSA) is 93.7 Å². The van der Waals surface area contributed by atoms with Crippen molar-refractivity contribution in [1.29, 1.82) is 0 Å². The standard InChI is InChI=1S/C23H20F4N4O4S/c24-16-4-1-14(2-5-16)22-30-29-21(36-22)12-18(32)15-3-6-19(35-23(25,26)27)17(11-15)28-20(33)13-31-7-9-34-10-8-31/h1-6,11H,7-10,12-13H2,(H,28,33). The molecule has 1 saturated heterocycles. The lowest BCUT2D eigenvalue weighted by molar-refractivity contribution is -0.274. The van der Waals surface area contributed by atoms with Crippen molar-refractivity contribution in [2.24, 2.45) is 0 Å². The Morgan fingerprint density at radius 3 is 2.50 bits per heavy atom. The van der Waals surface area contributed by atoms with Crippen LogP contribution in [0.15, 0.2) is 42.5 Å². The second-order valence-electron chi connectivity index (χ2n) is 7.80. The number of hydrogen-bond donors (Lipinski definition) is 1. The van der Waals surface area contributed by atoms with Gasteiger partial charge in [-0.25, -0.2) is 4.39 Å². The molecule has 1 N–H and O–H groups in total. The van der Waals surface area contributed by atoms with Crippen molar-refractivity contribution in [1.82, 2.24) is 15.1 Å². The summed E-state index contributed by atoms with van der Waals surface area (Å²) in [5, 5.41) is 11.3. The second-order valence-corrected chi connectivity index (χ2v) is 8.87. The average Bonchev–Trinajstić information content (AvgIpc) is 3.28. The first-order valence-corrected chi connectivity index (χ1v) is 11.6. The van der Waals surface area contributed by atoms with Gasteiger partial charge in [0.25, 0.3) is 0 Å². The molecule has 1 aliphatic rings. The SMILES string of the molecule is O=C(CN1CCOCC1)Nc1cc(C(=O)Cc2nnc(-c3ccc(F)cc3)s2)ccc1OC(F)(F)F.